The van der Waals surface area contributed by atoms with Crippen LogP contribution in [0, 0.1) is 6.92 Å². The van der Waals surface area contributed by atoms with Crippen molar-refractivity contribution in [1.29, 1.82) is 0 Å². The van der Waals surface area contributed by atoms with Crippen LogP contribution < -0.4 is 5.32 Å². The predicted octanol–water partition coefficient (Wildman–Crippen LogP) is 3.49. The van der Waals surface area contributed by atoms with E-state index in [1.54, 1.807) is 25.1 Å². The van der Waals surface area contributed by atoms with Gasteiger partial charge in [-0.05, 0) is 24.6 Å². The Balaban J connectivity index is 1.93. The normalized spacial score (nSPS) is 10.1. The van der Waals surface area contributed by atoms with Crippen LogP contribution in [0.15, 0.2) is 36.5 Å². The molecule has 1 aromatic heterocycles. The number of carbonyl (C=O) groups excluding carboxylic acids is 2. The number of amides is 1. The minimum Gasteiger partial charge on any atom is -0.452 e. The second-order valence-corrected chi connectivity index (χ2v) is 5.27. The number of benzene rings is 1. The molecular weight excluding hydrogens is 327 g/mol. The molecule has 0 saturated carbocycles. The van der Waals surface area contributed by atoms with Gasteiger partial charge in [0.2, 0.25) is 0 Å². The fourth-order valence-corrected chi connectivity index (χ4v) is 2.11. The number of nitrogens with zero attached hydrogens (tertiary/aromatic N) is 1. The summed E-state index contributed by atoms with van der Waals surface area (Å²) >= 11 is 11.6. The van der Waals surface area contributed by atoms with Crippen molar-refractivity contribution in [2.24, 2.45) is 0 Å². The molecule has 2 aromatic rings. The van der Waals surface area contributed by atoms with Gasteiger partial charge in [0.25, 0.3) is 5.91 Å². The molecule has 0 radical (unpaired) electrons. The summed E-state index contributed by atoms with van der Waals surface area (Å²) in [5.74, 6) is -0.954. The number of nitrogens with one attached hydrogen (secondary N) is 1. The molecule has 114 valence electrons. The number of pyridine rings is 1. The van der Waals surface area contributed by atoms with Crippen LogP contribution in [0.3, 0.4) is 0 Å². The number of aromatic nitrogens is 1. The van der Waals surface area contributed by atoms with Gasteiger partial charge in [0, 0.05) is 6.20 Å². The van der Waals surface area contributed by atoms with Crippen molar-refractivity contribution in [2.45, 2.75) is 6.92 Å². The number of ether oxygens (including phenoxy) is 1. The third-order valence-corrected chi connectivity index (χ3v) is 3.26. The van der Waals surface area contributed by atoms with Crippen molar-refractivity contribution in [2.75, 3.05) is 11.9 Å². The zero-order valence-corrected chi connectivity index (χ0v) is 13.1. The number of rotatable bonds is 4. The Labute approximate surface area is 137 Å². The van der Waals surface area contributed by atoms with Crippen LogP contribution in [0.25, 0.3) is 0 Å². The number of hydrogen-bond donors (Lipinski definition) is 1. The first-order valence-corrected chi connectivity index (χ1v) is 7.06. The summed E-state index contributed by atoms with van der Waals surface area (Å²) in [5.41, 5.74) is 1.19. The quantitative estimate of drug-likeness (QED) is 0.866. The second kappa shape index (κ2) is 7.24. The third-order valence-electron chi connectivity index (χ3n) is 2.76. The highest BCUT2D eigenvalue weighted by Gasteiger charge is 2.13. The van der Waals surface area contributed by atoms with Gasteiger partial charge < -0.3 is 10.1 Å². The molecule has 1 amide bonds. The van der Waals surface area contributed by atoms with E-state index in [4.69, 9.17) is 27.9 Å². The summed E-state index contributed by atoms with van der Waals surface area (Å²) in [6.07, 6.45) is 1.35. The number of anilines is 1. The van der Waals surface area contributed by atoms with Crippen molar-refractivity contribution in [1.82, 2.24) is 4.98 Å². The van der Waals surface area contributed by atoms with Gasteiger partial charge in [0.15, 0.2) is 12.4 Å². The molecule has 0 unspecified atom stereocenters. The summed E-state index contributed by atoms with van der Waals surface area (Å²) in [6, 6.07) is 8.40. The highest BCUT2D eigenvalue weighted by molar-refractivity contribution is 6.36. The second-order valence-electron chi connectivity index (χ2n) is 4.42. The first-order chi connectivity index (χ1) is 10.5. The van der Waals surface area contributed by atoms with Crippen LogP contribution in [0.1, 0.15) is 15.9 Å². The molecule has 1 heterocycles. The lowest BCUT2D eigenvalue weighted by Gasteiger charge is -2.08. The first-order valence-electron chi connectivity index (χ1n) is 6.31. The minimum absolute atomic E-state index is 0.156. The highest BCUT2D eigenvalue weighted by atomic mass is 35.5. The average Bonchev–Trinajstić information content (AvgIpc) is 2.48. The zero-order chi connectivity index (χ0) is 16.1. The van der Waals surface area contributed by atoms with E-state index in [9.17, 15) is 9.59 Å². The molecule has 0 saturated heterocycles. The van der Waals surface area contributed by atoms with E-state index in [1.807, 2.05) is 6.07 Å². The van der Waals surface area contributed by atoms with Gasteiger partial charge in [0.1, 0.15) is 0 Å². The molecule has 0 aliphatic carbocycles. The zero-order valence-electron chi connectivity index (χ0n) is 11.6. The summed E-state index contributed by atoms with van der Waals surface area (Å²) < 4.78 is 4.96. The Kier molecular flexibility index (Phi) is 5.35. The van der Waals surface area contributed by atoms with Crippen molar-refractivity contribution in [3.63, 3.8) is 0 Å². The summed E-state index contributed by atoms with van der Waals surface area (Å²) in [7, 11) is 0. The SMILES string of the molecule is Cc1ccccc1C(=O)OCC(=O)Nc1ncc(Cl)cc1Cl. The third kappa shape index (κ3) is 4.19. The van der Waals surface area contributed by atoms with E-state index in [0.717, 1.165) is 5.56 Å². The van der Waals surface area contributed by atoms with Gasteiger partial charge in [-0.25, -0.2) is 9.78 Å². The van der Waals surface area contributed by atoms with Crippen LogP contribution in [0.2, 0.25) is 10.0 Å². The molecule has 0 spiro atoms. The number of carbonyl (C=O) groups is 2. The van der Waals surface area contributed by atoms with Crippen LogP contribution in [0.4, 0.5) is 5.82 Å². The lowest BCUT2D eigenvalue weighted by atomic mass is 10.1. The molecule has 0 aliphatic rings. The van der Waals surface area contributed by atoms with Crippen LogP contribution >= 0.6 is 23.2 Å². The lowest BCUT2D eigenvalue weighted by Crippen LogP contribution is -2.22. The highest BCUT2D eigenvalue weighted by Crippen LogP contribution is 2.22. The molecule has 0 bridgehead atoms. The van der Waals surface area contributed by atoms with Gasteiger partial charge in [-0.3, -0.25) is 4.79 Å². The maximum atomic E-state index is 11.9. The molecule has 0 fully saturated rings. The number of hydrogen-bond acceptors (Lipinski definition) is 4. The van der Waals surface area contributed by atoms with Gasteiger partial charge in [-0.1, -0.05) is 41.4 Å². The Morgan fingerprint density at radius 1 is 1.27 bits per heavy atom. The van der Waals surface area contributed by atoms with Crippen molar-refractivity contribution < 1.29 is 14.3 Å². The van der Waals surface area contributed by atoms with Gasteiger partial charge in [-0.2, -0.15) is 0 Å². The van der Waals surface area contributed by atoms with Crippen molar-refractivity contribution in [3.8, 4) is 0 Å². The smallest absolute Gasteiger partial charge is 0.338 e. The van der Waals surface area contributed by atoms with Gasteiger partial charge >= 0.3 is 5.97 Å². The summed E-state index contributed by atoms with van der Waals surface area (Å²) in [5, 5.41) is 3.00. The predicted molar refractivity (Wildman–Crippen MR) is 84.3 cm³/mol. The van der Waals surface area contributed by atoms with E-state index in [2.05, 4.69) is 10.3 Å². The average molecular weight is 339 g/mol. The molecule has 22 heavy (non-hydrogen) atoms. The van der Waals surface area contributed by atoms with Crippen molar-refractivity contribution in [3.05, 3.63) is 57.7 Å². The fourth-order valence-electron chi connectivity index (χ4n) is 1.69. The standard InChI is InChI=1S/C15H12Cl2N2O3/c1-9-4-2-3-5-11(9)15(21)22-8-13(20)19-14-12(17)6-10(16)7-18-14/h2-7H,8H2,1H3,(H,18,19,20). The summed E-state index contributed by atoms with van der Waals surface area (Å²) in [4.78, 5) is 27.5. The van der Waals surface area contributed by atoms with E-state index in [-0.39, 0.29) is 10.8 Å². The maximum absolute atomic E-state index is 11.9. The molecule has 0 atom stereocenters. The van der Waals surface area contributed by atoms with E-state index in [1.165, 1.54) is 12.3 Å². The fraction of sp³-hybridized carbons (Fsp3) is 0.133. The molecular formula is C15H12Cl2N2O3. The number of halogens is 2. The van der Waals surface area contributed by atoms with Crippen LogP contribution in [-0.4, -0.2) is 23.5 Å². The van der Waals surface area contributed by atoms with E-state index in [0.29, 0.717) is 10.6 Å². The van der Waals surface area contributed by atoms with Crippen LogP contribution in [-0.2, 0) is 9.53 Å². The van der Waals surface area contributed by atoms with Crippen LogP contribution in [0.5, 0.6) is 0 Å². The maximum Gasteiger partial charge on any atom is 0.338 e. The molecule has 1 N–H and O–H groups in total. The Hall–Kier alpha value is -2.11. The largest absolute Gasteiger partial charge is 0.452 e. The Morgan fingerprint density at radius 2 is 2.00 bits per heavy atom. The van der Waals surface area contributed by atoms with E-state index >= 15 is 0 Å². The molecule has 2 rings (SSSR count). The van der Waals surface area contributed by atoms with Crippen molar-refractivity contribution >= 4 is 40.9 Å². The first kappa shape index (κ1) is 16.3. The summed E-state index contributed by atoms with van der Waals surface area (Å²) in [6.45, 7) is 1.35. The lowest BCUT2D eigenvalue weighted by molar-refractivity contribution is -0.119. The van der Waals surface area contributed by atoms with Gasteiger partial charge in [-0.15, -0.1) is 0 Å². The number of esters is 1. The topological polar surface area (TPSA) is 68.3 Å². The Morgan fingerprint density at radius 3 is 2.68 bits per heavy atom. The molecule has 0 aliphatic heterocycles. The monoisotopic (exact) mass is 338 g/mol. The number of aryl methyl sites for hydroxylation is 1. The molecule has 1 aromatic carbocycles. The minimum atomic E-state index is -0.566. The van der Waals surface area contributed by atoms with E-state index < -0.39 is 18.5 Å². The Bertz CT molecular complexity index is 720. The molecule has 7 heteroatoms. The van der Waals surface area contributed by atoms with Gasteiger partial charge in [0.05, 0.1) is 15.6 Å². The molecule has 5 nitrogen and oxygen atoms in total.